The van der Waals surface area contributed by atoms with Gasteiger partial charge in [-0.15, -0.1) is 0 Å². The van der Waals surface area contributed by atoms with Crippen LogP contribution in [-0.2, 0) is 4.79 Å². The number of nitrogens with zero attached hydrogens (tertiary/aromatic N) is 3. The zero-order chi connectivity index (χ0) is 22.2. The summed E-state index contributed by atoms with van der Waals surface area (Å²) in [5, 5.41) is 2.92. The molecule has 1 fully saturated rings. The van der Waals surface area contributed by atoms with Crippen LogP contribution in [0.3, 0.4) is 0 Å². The van der Waals surface area contributed by atoms with Crippen molar-refractivity contribution in [1.29, 1.82) is 0 Å². The summed E-state index contributed by atoms with van der Waals surface area (Å²) in [6.45, 7) is 8.04. The second-order valence-electron chi connectivity index (χ2n) is 9.19. The van der Waals surface area contributed by atoms with Gasteiger partial charge in [-0.25, -0.2) is 9.79 Å². The molecule has 0 saturated carbocycles. The largest absolute Gasteiger partial charge is 0.454 e. The molecule has 1 saturated heterocycles. The third kappa shape index (κ3) is 4.40. The van der Waals surface area contributed by atoms with Crippen LogP contribution in [0.5, 0.6) is 11.5 Å². The van der Waals surface area contributed by atoms with Gasteiger partial charge in [0.25, 0.3) is 5.91 Å². The number of amides is 3. The van der Waals surface area contributed by atoms with E-state index in [2.05, 4.69) is 24.2 Å². The average Bonchev–Trinajstić information content (AvgIpc) is 3.26. The molecule has 3 N–H and O–H groups in total. The Labute approximate surface area is 182 Å². The maximum atomic E-state index is 12.9. The molecule has 4 rings (SSSR count). The number of urea groups is 1. The van der Waals surface area contributed by atoms with E-state index in [-0.39, 0.29) is 24.6 Å². The number of ether oxygens (including phenoxy) is 2. The van der Waals surface area contributed by atoms with Gasteiger partial charge in [0.1, 0.15) is 5.54 Å². The van der Waals surface area contributed by atoms with Gasteiger partial charge in [-0.1, -0.05) is 13.8 Å². The van der Waals surface area contributed by atoms with E-state index in [9.17, 15) is 9.59 Å². The van der Waals surface area contributed by atoms with Gasteiger partial charge in [0.2, 0.25) is 6.79 Å². The number of nitrogens with one attached hydrogen (secondary N) is 1. The molecule has 1 aromatic carbocycles. The first-order chi connectivity index (χ1) is 14.7. The van der Waals surface area contributed by atoms with Crippen molar-refractivity contribution in [1.82, 2.24) is 9.80 Å². The van der Waals surface area contributed by atoms with E-state index in [1.165, 1.54) is 0 Å². The first-order valence-electron chi connectivity index (χ1n) is 10.9. The van der Waals surface area contributed by atoms with Gasteiger partial charge in [0.05, 0.1) is 0 Å². The van der Waals surface area contributed by atoms with Crippen LogP contribution in [-0.4, -0.2) is 59.7 Å². The molecular formula is C22H31N5O4. The third-order valence-corrected chi connectivity index (χ3v) is 6.12. The lowest BCUT2D eigenvalue weighted by molar-refractivity contribution is -0.131. The number of likely N-dealkylation sites (tertiary alicyclic amines) is 1. The number of guanidine groups is 1. The lowest BCUT2D eigenvalue weighted by Gasteiger charge is -2.34. The van der Waals surface area contributed by atoms with E-state index >= 15 is 0 Å². The number of fused-ring (bicyclic) bond motifs is 1. The van der Waals surface area contributed by atoms with E-state index < -0.39 is 5.54 Å². The maximum absolute atomic E-state index is 12.9. The van der Waals surface area contributed by atoms with Crippen LogP contribution in [0.25, 0.3) is 0 Å². The molecule has 3 aliphatic rings. The monoisotopic (exact) mass is 429 g/mol. The number of benzene rings is 1. The number of anilines is 1. The van der Waals surface area contributed by atoms with Crippen LogP contribution in [0, 0.1) is 11.8 Å². The molecule has 31 heavy (non-hydrogen) atoms. The highest BCUT2D eigenvalue weighted by atomic mass is 16.7. The smallest absolute Gasteiger partial charge is 0.321 e. The molecule has 0 aliphatic carbocycles. The Hall–Kier alpha value is -2.97. The fraction of sp³-hybridized carbons (Fsp3) is 0.591. The minimum atomic E-state index is -0.760. The van der Waals surface area contributed by atoms with E-state index in [0.29, 0.717) is 55.1 Å². The Balaban J connectivity index is 1.28. The lowest BCUT2D eigenvalue weighted by Crippen LogP contribution is -2.48. The molecule has 168 valence electrons. The minimum Gasteiger partial charge on any atom is -0.454 e. The summed E-state index contributed by atoms with van der Waals surface area (Å²) in [5.74, 6) is 2.27. The van der Waals surface area contributed by atoms with Crippen molar-refractivity contribution in [2.45, 2.75) is 45.6 Å². The standard InChI is InChI=1S/C22H31N5O4/c1-14(2)11-22(3)19(28)27(20(23)25-22)12-15-6-8-26(9-7-15)21(29)24-16-4-5-17-18(10-16)31-13-30-17/h4-5,10,14-15H,6-9,11-13H2,1-3H3,(H2,23,25)(H,24,29). The van der Waals surface area contributed by atoms with Crippen LogP contribution in [0.4, 0.5) is 10.5 Å². The number of aliphatic imine (C=N–C) groups is 1. The predicted molar refractivity (Wildman–Crippen MR) is 117 cm³/mol. The highest BCUT2D eigenvalue weighted by Gasteiger charge is 2.44. The normalized spacial score (nSPS) is 23.5. The summed E-state index contributed by atoms with van der Waals surface area (Å²) in [7, 11) is 0. The Kier molecular flexibility index (Phi) is 5.68. The van der Waals surface area contributed by atoms with E-state index in [1.54, 1.807) is 28.0 Å². The van der Waals surface area contributed by atoms with Crippen molar-refractivity contribution in [2.75, 3.05) is 31.7 Å². The molecule has 1 unspecified atom stereocenters. The highest BCUT2D eigenvalue weighted by molar-refractivity contribution is 6.06. The van der Waals surface area contributed by atoms with Gasteiger partial charge in [-0.05, 0) is 50.2 Å². The summed E-state index contributed by atoms with van der Waals surface area (Å²) in [4.78, 5) is 33.5. The van der Waals surface area contributed by atoms with Crippen LogP contribution >= 0.6 is 0 Å². The SMILES string of the molecule is CC(C)CC1(C)N=C(N)N(CC2CCN(C(=O)Nc3ccc4c(c3)OCO4)CC2)C1=O. The van der Waals surface area contributed by atoms with Crippen molar-refractivity contribution < 1.29 is 19.1 Å². The van der Waals surface area contributed by atoms with E-state index in [4.69, 9.17) is 15.2 Å². The number of hydrogen-bond donors (Lipinski definition) is 2. The average molecular weight is 430 g/mol. The first-order valence-corrected chi connectivity index (χ1v) is 10.9. The Bertz CT molecular complexity index is 894. The lowest BCUT2D eigenvalue weighted by atomic mass is 9.90. The van der Waals surface area contributed by atoms with Crippen molar-refractivity contribution in [3.63, 3.8) is 0 Å². The molecule has 0 radical (unpaired) electrons. The number of carbonyl (C=O) groups is 2. The number of piperidine rings is 1. The number of rotatable bonds is 5. The van der Waals surface area contributed by atoms with Crippen LogP contribution in [0.2, 0.25) is 0 Å². The van der Waals surface area contributed by atoms with Crippen LogP contribution in [0.1, 0.15) is 40.0 Å². The van der Waals surface area contributed by atoms with Crippen LogP contribution < -0.4 is 20.5 Å². The zero-order valence-corrected chi connectivity index (χ0v) is 18.4. The molecule has 3 heterocycles. The first kappa shape index (κ1) is 21.3. The fourth-order valence-corrected chi connectivity index (χ4v) is 4.61. The molecule has 1 atom stereocenters. The number of carbonyl (C=O) groups excluding carboxylic acids is 2. The molecule has 0 spiro atoms. The molecule has 9 heteroatoms. The Morgan fingerprint density at radius 1 is 1.29 bits per heavy atom. The zero-order valence-electron chi connectivity index (χ0n) is 18.4. The third-order valence-electron chi connectivity index (χ3n) is 6.12. The van der Waals surface area contributed by atoms with Gasteiger partial charge in [-0.2, -0.15) is 0 Å². The quantitative estimate of drug-likeness (QED) is 0.748. The molecular weight excluding hydrogens is 398 g/mol. The number of hydrogen-bond acceptors (Lipinski definition) is 6. The van der Waals surface area contributed by atoms with Crippen molar-refractivity contribution in [3.05, 3.63) is 18.2 Å². The summed E-state index contributed by atoms with van der Waals surface area (Å²) in [6.07, 6.45) is 2.31. The Morgan fingerprint density at radius 3 is 2.71 bits per heavy atom. The second kappa shape index (κ2) is 8.28. The van der Waals surface area contributed by atoms with Gasteiger partial charge in [0.15, 0.2) is 17.5 Å². The van der Waals surface area contributed by atoms with Gasteiger partial charge in [0, 0.05) is 31.4 Å². The van der Waals surface area contributed by atoms with Crippen molar-refractivity contribution in [3.8, 4) is 11.5 Å². The molecule has 1 aromatic rings. The van der Waals surface area contributed by atoms with Gasteiger partial charge in [-0.3, -0.25) is 9.69 Å². The Morgan fingerprint density at radius 2 is 2.00 bits per heavy atom. The summed E-state index contributed by atoms with van der Waals surface area (Å²) < 4.78 is 10.7. The topological polar surface area (TPSA) is 109 Å². The van der Waals surface area contributed by atoms with Gasteiger partial charge >= 0.3 is 6.03 Å². The molecule has 0 aromatic heterocycles. The molecule has 3 amide bonds. The summed E-state index contributed by atoms with van der Waals surface area (Å²) >= 11 is 0. The molecule has 9 nitrogen and oxygen atoms in total. The van der Waals surface area contributed by atoms with Crippen molar-refractivity contribution >= 4 is 23.6 Å². The van der Waals surface area contributed by atoms with Crippen LogP contribution in [0.15, 0.2) is 23.2 Å². The van der Waals surface area contributed by atoms with Gasteiger partial charge < -0.3 is 25.4 Å². The molecule has 3 aliphatic heterocycles. The minimum absolute atomic E-state index is 0.0123. The summed E-state index contributed by atoms with van der Waals surface area (Å²) in [6, 6.07) is 5.21. The fourth-order valence-electron chi connectivity index (χ4n) is 4.61. The van der Waals surface area contributed by atoms with E-state index in [0.717, 1.165) is 12.8 Å². The molecule has 0 bridgehead atoms. The summed E-state index contributed by atoms with van der Waals surface area (Å²) in [5.41, 5.74) is 6.01. The maximum Gasteiger partial charge on any atom is 0.321 e. The predicted octanol–water partition coefficient (Wildman–Crippen LogP) is 2.62. The second-order valence-corrected chi connectivity index (χ2v) is 9.19. The number of nitrogens with two attached hydrogens (primary N) is 1. The van der Waals surface area contributed by atoms with E-state index in [1.807, 2.05) is 6.92 Å². The van der Waals surface area contributed by atoms with Crippen molar-refractivity contribution in [2.24, 2.45) is 22.6 Å². The highest BCUT2D eigenvalue weighted by Crippen LogP contribution is 2.34.